The Balaban J connectivity index is 1.55. The average molecular weight is 325 g/mol. The molecular weight excluding hydrogens is 306 g/mol. The molecule has 2 aliphatic rings. The summed E-state index contributed by atoms with van der Waals surface area (Å²) in [5, 5.41) is 0. The molecule has 0 radical (unpaired) electrons. The van der Waals surface area contributed by atoms with E-state index >= 15 is 0 Å². The Bertz CT molecular complexity index is 770. The van der Waals surface area contributed by atoms with Gasteiger partial charge in [0.1, 0.15) is 19.0 Å². The number of benzene rings is 2. The monoisotopic (exact) mass is 325 g/mol. The second-order valence-electron chi connectivity index (χ2n) is 5.97. The lowest BCUT2D eigenvalue weighted by Crippen LogP contribution is -2.36. The molecule has 2 aromatic carbocycles. The smallest absolute Gasteiger partial charge is 0.254 e. The lowest BCUT2D eigenvalue weighted by atomic mass is 9.98. The summed E-state index contributed by atoms with van der Waals surface area (Å²) in [5.41, 5.74) is 3.04. The van der Waals surface area contributed by atoms with Crippen LogP contribution in [0.2, 0.25) is 0 Å². The third-order valence-corrected chi connectivity index (χ3v) is 4.50. The van der Waals surface area contributed by atoms with Crippen LogP contribution in [0.25, 0.3) is 0 Å². The summed E-state index contributed by atoms with van der Waals surface area (Å²) in [5.74, 6) is 2.38. The highest BCUT2D eigenvalue weighted by Gasteiger charge is 2.24. The Kier molecular flexibility index (Phi) is 3.76. The average Bonchev–Trinajstić information content (AvgIpc) is 2.65. The molecule has 0 aromatic heterocycles. The number of nitrogens with zero attached hydrogens (tertiary/aromatic N) is 1. The highest BCUT2D eigenvalue weighted by molar-refractivity contribution is 5.94. The summed E-state index contributed by atoms with van der Waals surface area (Å²) >= 11 is 0. The van der Waals surface area contributed by atoms with E-state index in [2.05, 4.69) is 6.07 Å². The highest BCUT2D eigenvalue weighted by atomic mass is 16.6. The first-order valence-electron chi connectivity index (χ1n) is 8.09. The van der Waals surface area contributed by atoms with Gasteiger partial charge in [-0.2, -0.15) is 0 Å². The Hall–Kier alpha value is -2.69. The van der Waals surface area contributed by atoms with Crippen LogP contribution < -0.4 is 14.2 Å². The zero-order valence-electron chi connectivity index (χ0n) is 13.6. The van der Waals surface area contributed by atoms with Gasteiger partial charge >= 0.3 is 0 Å². The minimum atomic E-state index is 0.0400. The van der Waals surface area contributed by atoms with E-state index in [4.69, 9.17) is 14.2 Å². The third-order valence-electron chi connectivity index (χ3n) is 4.50. The zero-order valence-corrected chi connectivity index (χ0v) is 13.6. The molecule has 0 saturated heterocycles. The van der Waals surface area contributed by atoms with Crippen LogP contribution in [-0.2, 0) is 13.0 Å². The first kappa shape index (κ1) is 14.9. The number of carbonyl (C=O) groups is 1. The normalized spacial score (nSPS) is 15.6. The van der Waals surface area contributed by atoms with Crippen LogP contribution in [-0.4, -0.2) is 37.7 Å². The molecule has 0 atom stereocenters. The molecular formula is C19H19NO4. The first-order chi connectivity index (χ1) is 11.7. The van der Waals surface area contributed by atoms with Gasteiger partial charge in [0, 0.05) is 18.7 Å². The molecule has 124 valence electrons. The Morgan fingerprint density at radius 2 is 1.71 bits per heavy atom. The van der Waals surface area contributed by atoms with Crippen molar-refractivity contribution in [1.29, 1.82) is 0 Å². The quantitative estimate of drug-likeness (QED) is 0.852. The van der Waals surface area contributed by atoms with E-state index in [1.54, 1.807) is 19.2 Å². The Morgan fingerprint density at radius 1 is 1.04 bits per heavy atom. The van der Waals surface area contributed by atoms with Gasteiger partial charge in [-0.15, -0.1) is 0 Å². The maximum absolute atomic E-state index is 12.7. The van der Waals surface area contributed by atoms with Gasteiger partial charge in [0.15, 0.2) is 11.5 Å². The van der Waals surface area contributed by atoms with E-state index in [9.17, 15) is 4.79 Å². The molecule has 0 spiro atoms. The van der Waals surface area contributed by atoms with Gasteiger partial charge in [-0.3, -0.25) is 4.79 Å². The first-order valence-corrected chi connectivity index (χ1v) is 8.09. The minimum Gasteiger partial charge on any atom is -0.497 e. The minimum absolute atomic E-state index is 0.0400. The number of fused-ring (bicyclic) bond motifs is 2. The molecule has 0 saturated carbocycles. The van der Waals surface area contributed by atoms with Crippen LogP contribution >= 0.6 is 0 Å². The largest absolute Gasteiger partial charge is 0.497 e. The van der Waals surface area contributed by atoms with Crippen molar-refractivity contribution in [2.24, 2.45) is 0 Å². The van der Waals surface area contributed by atoms with Gasteiger partial charge < -0.3 is 19.1 Å². The molecule has 1 amide bonds. The number of carbonyl (C=O) groups excluding carboxylic acids is 1. The number of amides is 1. The lowest BCUT2D eigenvalue weighted by Gasteiger charge is -2.30. The van der Waals surface area contributed by atoms with Crippen LogP contribution in [0.4, 0.5) is 0 Å². The van der Waals surface area contributed by atoms with Crippen molar-refractivity contribution in [2.45, 2.75) is 13.0 Å². The fraction of sp³-hybridized carbons (Fsp3) is 0.316. The third kappa shape index (κ3) is 2.66. The standard InChI is InChI=1S/C19H19NO4/c1-22-16-4-2-13(3-5-16)19(21)20-7-6-14-10-17-18(11-15(14)12-20)24-9-8-23-17/h2-5,10-11H,6-9,12H2,1H3. The van der Waals surface area contributed by atoms with Crippen LogP contribution in [0.5, 0.6) is 17.2 Å². The molecule has 24 heavy (non-hydrogen) atoms. The summed E-state index contributed by atoms with van der Waals surface area (Å²) in [6, 6.07) is 11.3. The molecule has 0 N–H and O–H groups in total. The van der Waals surface area contributed by atoms with E-state index in [0.717, 1.165) is 29.2 Å². The summed E-state index contributed by atoms with van der Waals surface area (Å²) in [6.45, 7) is 2.46. The van der Waals surface area contributed by atoms with Crippen molar-refractivity contribution in [3.63, 3.8) is 0 Å². The number of ether oxygens (including phenoxy) is 3. The van der Waals surface area contributed by atoms with Crippen molar-refractivity contribution in [1.82, 2.24) is 4.90 Å². The van der Waals surface area contributed by atoms with Crippen LogP contribution in [0.15, 0.2) is 36.4 Å². The summed E-state index contributed by atoms with van der Waals surface area (Å²) in [4.78, 5) is 14.6. The second kappa shape index (κ2) is 6.07. The predicted molar refractivity (Wildman–Crippen MR) is 88.9 cm³/mol. The molecule has 5 heteroatoms. The van der Waals surface area contributed by atoms with E-state index in [1.807, 2.05) is 23.1 Å². The molecule has 4 rings (SSSR count). The lowest BCUT2D eigenvalue weighted by molar-refractivity contribution is 0.0734. The van der Waals surface area contributed by atoms with Gasteiger partial charge in [0.2, 0.25) is 0 Å². The fourth-order valence-corrected chi connectivity index (χ4v) is 3.18. The SMILES string of the molecule is COc1ccc(C(=O)N2CCc3cc4c(cc3C2)OCCO4)cc1. The number of methoxy groups -OCH3 is 1. The second-order valence-corrected chi connectivity index (χ2v) is 5.97. The van der Waals surface area contributed by atoms with Crippen molar-refractivity contribution in [3.8, 4) is 17.2 Å². The van der Waals surface area contributed by atoms with E-state index in [0.29, 0.717) is 31.9 Å². The van der Waals surface area contributed by atoms with Gasteiger partial charge in [0.25, 0.3) is 5.91 Å². The number of hydrogen-bond donors (Lipinski definition) is 0. The highest BCUT2D eigenvalue weighted by Crippen LogP contribution is 2.35. The van der Waals surface area contributed by atoms with Gasteiger partial charge in [-0.1, -0.05) is 0 Å². The van der Waals surface area contributed by atoms with Crippen molar-refractivity contribution in [2.75, 3.05) is 26.9 Å². The summed E-state index contributed by atoms with van der Waals surface area (Å²) in [7, 11) is 1.62. The predicted octanol–water partition coefficient (Wildman–Crippen LogP) is 2.66. The van der Waals surface area contributed by atoms with Gasteiger partial charge in [0.05, 0.1) is 7.11 Å². The van der Waals surface area contributed by atoms with Crippen LogP contribution in [0.3, 0.4) is 0 Å². The molecule has 2 aliphatic heterocycles. The van der Waals surface area contributed by atoms with Crippen molar-refractivity contribution >= 4 is 5.91 Å². The molecule has 2 heterocycles. The zero-order chi connectivity index (χ0) is 16.5. The van der Waals surface area contributed by atoms with Crippen molar-refractivity contribution in [3.05, 3.63) is 53.1 Å². The molecule has 0 fully saturated rings. The number of hydrogen-bond acceptors (Lipinski definition) is 4. The topological polar surface area (TPSA) is 48.0 Å². The van der Waals surface area contributed by atoms with Gasteiger partial charge in [-0.05, 0) is 53.9 Å². The molecule has 2 aromatic rings. The molecule has 0 unspecified atom stereocenters. The summed E-state index contributed by atoms with van der Waals surface area (Å²) in [6.07, 6.45) is 0.827. The molecule has 0 aliphatic carbocycles. The number of rotatable bonds is 2. The Morgan fingerprint density at radius 3 is 2.38 bits per heavy atom. The van der Waals surface area contributed by atoms with Crippen molar-refractivity contribution < 1.29 is 19.0 Å². The van der Waals surface area contributed by atoms with E-state index < -0.39 is 0 Å². The van der Waals surface area contributed by atoms with Crippen LogP contribution in [0, 0.1) is 0 Å². The molecule has 5 nitrogen and oxygen atoms in total. The Labute approximate surface area is 140 Å². The maximum Gasteiger partial charge on any atom is 0.254 e. The summed E-state index contributed by atoms with van der Waals surface area (Å²) < 4.78 is 16.4. The van der Waals surface area contributed by atoms with E-state index in [1.165, 1.54) is 5.56 Å². The van der Waals surface area contributed by atoms with Gasteiger partial charge in [-0.25, -0.2) is 0 Å². The molecule has 0 bridgehead atoms. The van der Waals surface area contributed by atoms with Crippen LogP contribution in [0.1, 0.15) is 21.5 Å². The van der Waals surface area contributed by atoms with E-state index in [-0.39, 0.29) is 5.91 Å². The maximum atomic E-state index is 12.7. The fourth-order valence-electron chi connectivity index (χ4n) is 3.18.